The number of carbonyl (C=O) groups is 1. The largest absolute Gasteiger partial charge is 0.515 e. The van der Waals surface area contributed by atoms with Crippen molar-refractivity contribution in [3.63, 3.8) is 0 Å². The number of ether oxygens (including phenoxy) is 2. The monoisotopic (exact) mass is 229 g/mol. The fourth-order valence-electron chi connectivity index (χ4n) is 0.780. The van der Waals surface area contributed by atoms with Crippen molar-refractivity contribution in [2.24, 2.45) is 0 Å². The molecular formula is C10H12ClNO3. The lowest BCUT2D eigenvalue weighted by Gasteiger charge is -2.09. The van der Waals surface area contributed by atoms with Crippen molar-refractivity contribution in [2.75, 3.05) is 0 Å². The van der Waals surface area contributed by atoms with Gasteiger partial charge < -0.3 is 9.47 Å². The van der Waals surface area contributed by atoms with E-state index in [2.05, 4.69) is 4.98 Å². The molecule has 4 nitrogen and oxygen atoms in total. The summed E-state index contributed by atoms with van der Waals surface area (Å²) in [5, 5.41) is 0.484. The Balaban J connectivity index is 2.48. The molecule has 0 saturated carbocycles. The fourth-order valence-corrected chi connectivity index (χ4v) is 0.891. The minimum absolute atomic E-state index is 0.162. The first-order chi connectivity index (χ1) is 7.11. The summed E-state index contributed by atoms with van der Waals surface area (Å²) in [7, 11) is 0. The molecule has 1 rings (SSSR count). The van der Waals surface area contributed by atoms with Crippen molar-refractivity contribution in [3.05, 3.63) is 23.4 Å². The Morgan fingerprint density at radius 3 is 2.87 bits per heavy atom. The van der Waals surface area contributed by atoms with Gasteiger partial charge in [0, 0.05) is 12.3 Å². The van der Waals surface area contributed by atoms with Crippen LogP contribution in [0.5, 0.6) is 5.88 Å². The number of rotatable bonds is 3. The summed E-state index contributed by atoms with van der Waals surface area (Å²) in [6.07, 6.45) is 1.22. The predicted molar refractivity (Wildman–Crippen MR) is 56.1 cm³/mol. The lowest BCUT2D eigenvalue weighted by Crippen LogP contribution is -2.17. The van der Waals surface area contributed by atoms with Gasteiger partial charge in [0.1, 0.15) is 6.10 Å². The lowest BCUT2D eigenvalue weighted by atomic mass is 10.3. The molecule has 0 aromatic carbocycles. The minimum Gasteiger partial charge on any atom is -0.431 e. The maximum Gasteiger partial charge on any atom is 0.515 e. The Bertz CT molecular complexity index is 326. The van der Waals surface area contributed by atoms with Gasteiger partial charge in [-0.1, -0.05) is 18.5 Å². The van der Waals surface area contributed by atoms with Crippen LogP contribution in [0.2, 0.25) is 5.02 Å². The van der Waals surface area contributed by atoms with Crippen LogP contribution in [0.25, 0.3) is 0 Å². The normalized spacial score (nSPS) is 11.9. The van der Waals surface area contributed by atoms with E-state index < -0.39 is 6.16 Å². The molecule has 0 bridgehead atoms. The molecule has 0 aliphatic rings. The standard InChI is InChI=1S/C10H12ClNO3/c1-3-7(2)14-10(13)15-9-5-4-8(11)6-12-9/h4-7H,3H2,1-2H3. The Hall–Kier alpha value is -1.29. The summed E-state index contributed by atoms with van der Waals surface area (Å²) in [4.78, 5) is 14.9. The summed E-state index contributed by atoms with van der Waals surface area (Å²) in [6, 6.07) is 3.08. The van der Waals surface area contributed by atoms with E-state index in [1.807, 2.05) is 6.92 Å². The average Bonchev–Trinajstić information content (AvgIpc) is 2.21. The van der Waals surface area contributed by atoms with Crippen molar-refractivity contribution in [1.29, 1.82) is 0 Å². The zero-order valence-electron chi connectivity index (χ0n) is 8.57. The second-order valence-electron chi connectivity index (χ2n) is 3.00. The maximum absolute atomic E-state index is 11.1. The van der Waals surface area contributed by atoms with E-state index in [-0.39, 0.29) is 12.0 Å². The molecule has 0 aliphatic carbocycles. The summed E-state index contributed by atoms with van der Waals surface area (Å²) in [5.74, 6) is 0.174. The molecule has 0 N–H and O–H groups in total. The molecule has 5 heteroatoms. The van der Waals surface area contributed by atoms with Crippen LogP contribution in [0.4, 0.5) is 4.79 Å². The number of aromatic nitrogens is 1. The topological polar surface area (TPSA) is 48.4 Å². The number of pyridine rings is 1. The molecule has 1 atom stereocenters. The summed E-state index contributed by atoms with van der Waals surface area (Å²) in [5.41, 5.74) is 0. The van der Waals surface area contributed by atoms with Gasteiger partial charge in [0.15, 0.2) is 0 Å². The third-order valence-corrected chi connectivity index (χ3v) is 1.98. The SMILES string of the molecule is CCC(C)OC(=O)Oc1ccc(Cl)cn1. The van der Waals surface area contributed by atoms with Crippen LogP contribution in [-0.2, 0) is 4.74 Å². The molecule has 1 aromatic rings. The van der Waals surface area contributed by atoms with E-state index in [9.17, 15) is 4.79 Å². The van der Waals surface area contributed by atoms with Gasteiger partial charge in [-0.3, -0.25) is 0 Å². The summed E-state index contributed by atoms with van der Waals surface area (Å²) >= 11 is 5.62. The minimum atomic E-state index is -0.751. The number of carbonyl (C=O) groups excluding carboxylic acids is 1. The molecule has 0 amide bonds. The van der Waals surface area contributed by atoms with Crippen LogP contribution in [0.1, 0.15) is 20.3 Å². The van der Waals surface area contributed by atoms with Crippen molar-refractivity contribution in [1.82, 2.24) is 4.98 Å². The first-order valence-corrected chi connectivity index (χ1v) is 4.99. The average molecular weight is 230 g/mol. The highest BCUT2D eigenvalue weighted by Gasteiger charge is 2.10. The van der Waals surface area contributed by atoms with Crippen LogP contribution in [0.3, 0.4) is 0 Å². The van der Waals surface area contributed by atoms with Crippen molar-refractivity contribution in [3.8, 4) is 5.88 Å². The molecule has 1 aromatic heterocycles. The molecule has 0 aliphatic heterocycles. The number of hydrogen-bond donors (Lipinski definition) is 0. The smallest absolute Gasteiger partial charge is 0.431 e. The van der Waals surface area contributed by atoms with Gasteiger partial charge in [0.25, 0.3) is 0 Å². The molecule has 82 valence electrons. The van der Waals surface area contributed by atoms with Crippen LogP contribution in [-0.4, -0.2) is 17.2 Å². The Morgan fingerprint density at radius 1 is 1.60 bits per heavy atom. The maximum atomic E-state index is 11.1. The first-order valence-electron chi connectivity index (χ1n) is 4.62. The fraction of sp³-hybridized carbons (Fsp3) is 0.400. The van der Waals surface area contributed by atoms with Crippen molar-refractivity contribution >= 4 is 17.8 Å². The lowest BCUT2D eigenvalue weighted by molar-refractivity contribution is 0.0631. The molecule has 1 heterocycles. The second kappa shape index (κ2) is 5.56. The Kier molecular flexibility index (Phi) is 4.37. The predicted octanol–water partition coefficient (Wildman–Crippen LogP) is 3.05. The third-order valence-electron chi connectivity index (χ3n) is 1.76. The summed E-state index contributed by atoms with van der Waals surface area (Å²) in [6.45, 7) is 3.70. The number of halogens is 1. The Labute approximate surface area is 93.2 Å². The zero-order chi connectivity index (χ0) is 11.3. The number of nitrogens with zero attached hydrogens (tertiary/aromatic N) is 1. The Morgan fingerprint density at radius 2 is 2.33 bits per heavy atom. The van der Waals surface area contributed by atoms with Gasteiger partial charge in [-0.05, 0) is 19.4 Å². The van der Waals surface area contributed by atoms with Gasteiger partial charge in [0.05, 0.1) is 5.02 Å². The third kappa shape index (κ3) is 4.16. The van der Waals surface area contributed by atoms with Crippen molar-refractivity contribution < 1.29 is 14.3 Å². The first kappa shape index (κ1) is 11.8. The van der Waals surface area contributed by atoms with Crippen LogP contribution < -0.4 is 4.74 Å². The van der Waals surface area contributed by atoms with Crippen LogP contribution in [0.15, 0.2) is 18.3 Å². The molecular weight excluding hydrogens is 218 g/mol. The van der Waals surface area contributed by atoms with Crippen LogP contribution >= 0.6 is 11.6 Å². The zero-order valence-corrected chi connectivity index (χ0v) is 9.32. The highest BCUT2D eigenvalue weighted by Crippen LogP contribution is 2.12. The van der Waals surface area contributed by atoms with Gasteiger partial charge in [-0.2, -0.15) is 0 Å². The summed E-state index contributed by atoms with van der Waals surface area (Å²) < 4.78 is 9.71. The van der Waals surface area contributed by atoms with Gasteiger partial charge in [-0.25, -0.2) is 9.78 Å². The second-order valence-corrected chi connectivity index (χ2v) is 3.44. The molecule has 15 heavy (non-hydrogen) atoms. The van der Waals surface area contributed by atoms with E-state index in [0.717, 1.165) is 6.42 Å². The molecule has 0 fully saturated rings. The van der Waals surface area contributed by atoms with E-state index in [1.165, 1.54) is 12.3 Å². The molecule has 0 spiro atoms. The molecule has 0 saturated heterocycles. The van der Waals surface area contributed by atoms with E-state index in [4.69, 9.17) is 21.1 Å². The number of hydrogen-bond acceptors (Lipinski definition) is 4. The van der Waals surface area contributed by atoms with Crippen molar-refractivity contribution in [2.45, 2.75) is 26.4 Å². The quantitative estimate of drug-likeness (QED) is 0.748. The highest BCUT2D eigenvalue weighted by atomic mass is 35.5. The van der Waals surface area contributed by atoms with E-state index >= 15 is 0 Å². The van der Waals surface area contributed by atoms with E-state index in [1.54, 1.807) is 13.0 Å². The molecule has 0 radical (unpaired) electrons. The van der Waals surface area contributed by atoms with Crippen LogP contribution in [0, 0.1) is 0 Å². The molecule has 1 unspecified atom stereocenters. The van der Waals surface area contributed by atoms with Gasteiger partial charge >= 0.3 is 6.16 Å². The van der Waals surface area contributed by atoms with Gasteiger partial charge in [-0.15, -0.1) is 0 Å². The highest BCUT2D eigenvalue weighted by molar-refractivity contribution is 6.30. The van der Waals surface area contributed by atoms with Gasteiger partial charge in [0.2, 0.25) is 5.88 Å². The van der Waals surface area contributed by atoms with E-state index in [0.29, 0.717) is 5.02 Å².